The van der Waals surface area contributed by atoms with Crippen molar-refractivity contribution in [3.05, 3.63) is 52.2 Å². The highest BCUT2D eigenvalue weighted by molar-refractivity contribution is 7.88. The van der Waals surface area contributed by atoms with Crippen molar-refractivity contribution >= 4 is 21.6 Å². The van der Waals surface area contributed by atoms with Crippen molar-refractivity contribution in [2.24, 2.45) is 0 Å². The monoisotopic (exact) mass is 411 g/mol. The van der Waals surface area contributed by atoms with Crippen molar-refractivity contribution in [2.45, 2.75) is 19.9 Å². The van der Waals surface area contributed by atoms with Gasteiger partial charge in [0.2, 0.25) is 10.0 Å². The molecule has 144 valence electrons. The van der Waals surface area contributed by atoms with Crippen molar-refractivity contribution in [1.82, 2.24) is 14.9 Å². The summed E-state index contributed by atoms with van der Waals surface area (Å²) in [4.78, 5) is 4.39. The highest BCUT2D eigenvalue weighted by atomic mass is 35.5. The zero-order valence-corrected chi connectivity index (χ0v) is 16.5. The number of nitrogens with one attached hydrogen (secondary N) is 1. The summed E-state index contributed by atoms with van der Waals surface area (Å²) in [6, 6.07) is 6.98. The second-order valence-corrected chi connectivity index (χ2v) is 8.19. The fourth-order valence-electron chi connectivity index (χ4n) is 2.54. The van der Waals surface area contributed by atoms with E-state index in [2.05, 4.69) is 14.9 Å². The third-order valence-corrected chi connectivity index (χ3v) is 4.67. The number of rotatable bonds is 7. The minimum atomic E-state index is -3.32. The summed E-state index contributed by atoms with van der Waals surface area (Å²) >= 11 is 6.05. The van der Waals surface area contributed by atoms with Crippen molar-refractivity contribution in [2.75, 3.05) is 13.4 Å². The Morgan fingerprint density at radius 3 is 2.78 bits per heavy atom. The molecular weight excluding hydrogens is 394 g/mol. The predicted molar refractivity (Wildman–Crippen MR) is 99.2 cm³/mol. The lowest BCUT2D eigenvalue weighted by molar-refractivity contribution is 0.407. The van der Waals surface area contributed by atoms with E-state index in [9.17, 15) is 8.42 Å². The summed E-state index contributed by atoms with van der Waals surface area (Å²) in [6.07, 6.45) is 1.46. The standard InChI is InChI=1S/C17H18ClN3O5S/c1-10-14(8-13(25-10)9-19-27(3,22)23)17-20-16(21-26-17)7-11-6-12(18)4-5-15(11)24-2/h4-6,8,19H,7,9H2,1-3H3. The number of methoxy groups -OCH3 is 1. The number of hydrogen-bond acceptors (Lipinski definition) is 7. The number of sulfonamides is 1. The van der Waals surface area contributed by atoms with Crippen LogP contribution in [0.15, 0.2) is 33.2 Å². The molecule has 0 amide bonds. The Hall–Kier alpha value is -2.36. The molecule has 0 bridgehead atoms. The zero-order valence-electron chi connectivity index (χ0n) is 14.9. The van der Waals surface area contributed by atoms with Crippen molar-refractivity contribution in [3.63, 3.8) is 0 Å². The quantitative estimate of drug-likeness (QED) is 0.636. The largest absolute Gasteiger partial charge is 0.496 e. The number of benzene rings is 1. The number of aryl methyl sites for hydroxylation is 1. The lowest BCUT2D eigenvalue weighted by Crippen LogP contribution is -2.20. The van der Waals surface area contributed by atoms with Crippen LogP contribution in [0, 0.1) is 6.92 Å². The van der Waals surface area contributed by atoms with Gasteiger partial charge in [0.1, 0.15) is 17.3 Å². The lowest BCUT2D eigenvalue weighted by atomic mass is 10.1. The highest BCUT2D eigenvalue weighted by Gasteiger charge is 2.18. The van der Waals surface area contributed by atoms with Crippen LogP contribution in [0.3, 0.4) is 0 Å². The van der Waals surface area contributed by atoms with Gasteiger partial charge in [0.15, 0.2) is 5.82 Å². The van der Waals surface area contributed by atoms with Crippen LogP contribution in [0.25, 0.3) is 11.5 Å². The zero-order chi connectivity index (χ0) is 19.6. The van der Waals surface area contributed by atoms with Crippen LogP contribution in [0.5, 0.6) is 5.75 Å². The normalized spacial score (nSPS) is 11.7. The average molecular weight is 412 g/mol. The Balaban J connectivity index is 1.80. The number of furan rings is 1. The van der Waals surface area contributed by atoms with Crippen LogP contribution in [-0.2, 0) is 23.0 Å². The Labute approximate surface area is 161 Å². The molecule has 0 fully saturated rings. The van der Waals surface area contributed by atoms with Gasteiger partial charge in [-0.25, -0.2) is 13.1 Å². The van der Waals surface area contributed by atoms with Crippen molar-refractivity contribution in [1.29, 1.82) is 0 Å². The molecule has 3 rings (SSSR count). The van der Waals surface area contributed by atoms with E-state index in [0.717, 1.165) is 11.8 Å². The SMILES string of the molecule is COc1ccc(Cl)cc1Cc1noc(-c2cc(CNS(C)(=O)=O)oc2C)n1. The molecule has 0 aliphatic carbocycles. The molecule has 0 radical (unpaired) electrons. The molecule has 1 aromatic carbocycles. The van der Waals surface area contributed by atoms with E-state index in [-0.39, 0.29) is 12.4 Å². The van der Waals surface area contributed by atoms with Gasteiger partial charge in [-0.3, -0.25) is 0 Å². The van der Waals surface area contributed by atoms with Gasteiger partial charge in [0, 0.05) is 17.0 Å². The molecule has 3 aromatic rings. The first-order valence-corrected chi connectivity index (χ1v) is 10.2. The molecule has 0 aliphatic rings. The lowest BCUT2D eigenvalue weighted by Gasteiger charge is -2.06. The van der Waals surface area contributed by atoms with Crippen LogP contribution >= 0.6 is 11.6 Å². The molecule has 0 aliphatic heterocycles. The van der Waals surface area contributed by atoms with E-state index in [4.69, 9.17) is 25.3 Å². The van der Waals surface area contributed by atoms with E-state index in [1.165, 1.54) is 0 Å². The summed E-state index contributed by atoms with van der Waals surface area (Å²) in [5.74, 6) is 2.43. The molecule has 8 nitrogen and oxygen atoms in total. The maximum Gasteiger partial charge on any atom is 0.261 e. The Kier molecular flexibility index (Phi) is 5.54. The molecule has 27 heavy (non-hydrogen) atoms. The maximum absolute atomic E-state index is 11.2. The third kappa shape index (κ3) is 4.88. The van der Waals surface area contributed by atoms with E-state index >= 15 is 0 Å². The van der Waals surface area contributed by atoms with E-state index in [1.54, 1.807) is 38.3 Å². The molecule has 0 spiro atoms. The molecule has 0 unspecified atom stereocenters. The maximum atomic E-state index is 11.2. The molecular formula is C17H18ClN3O5S. The molecule has 2 aromatic heterocycles. The second kappa shape index (κ2) is 7.71. The minimum Gasteiger partial charge on any atom is -0.496 e. The Morgan fingerprint density at radius 1 is 1.30 bits per heavy atom. The third-order valence-electron chi connectivity index (χ3n) is 3.77. The Morgan fingerprint density at radius 2 is 2.07 bits per heavy atom. The fraction of sp³-hybridized carbons (Fsp3) is 0.294. The number of halogens is 1. The topological polar surface area (TPSA) is 107 Å². The molecule has 1 N–H and O–H groups in total. The van der Waals surface area contributed by atoms with Crippen molar-refractivity contribution < 1.29 is 22.1 Å². The number of nitrogens with zero attached hydrogens (tertiary/aromatic N) is 2. The summed E-state index contributed by atoms with van der Waals surface area (Å²) in [5, 5.41) is 4.58. The van der Waals surface area contributed by atoms with Crippen molar-refractivity contribution in [3.8, 4) is 17.2 Å². The van der Waals surface area contributed by atoms with Gasteiger partial charge >= 0.3 is 0 Å². The summed E-state index contributed by atoms with van der Waals surface area (Å²) in [6.45, 7) is 1.78. The molecule has 10 heteroatoms. The summed E-state index contributed by atoms with van der Waals surface area (Å²) < 4.78 is 41.0. The highest BCUT2D eigenvalue weighted by Crippen LogP contribution is 2.28. The first-order chi connectivity index (χ1) is 12.7. The molecule has 0 atom stereocenters. The molecule has 2 heterocycles. The number of ether oxygens (including phenoxy) is 1. The predicted octanol–water partition coefficient (Wildman–Crippen LogP) is 2.94. The number of hydrogen-bond donors (Lipinski definition) is 1. The van der Waals surface area contributed by atoms with Crippen LogP contribution in [0.1, 0.15) is 22.9 Å². The fourth-order valence-corrected chi connectivity index (χ4v) is 3.14. The second-order valence-electron chi connectivity index (χ2n) is 5.92. The Bertz CT molecular complexity index is 1060. The average Bonchev–Trinajstić information content (AvgIpc) is 3.19. The first-order valence-electron chi connectivity index (χ1n) is 7.94. The first kappa shape index (κ1) is 19.4. The van der Waals surface area contributed by atoms with Gasteiger partial charge in [0.25, 0.3) is 5.89 Å². The van der Waals surface area contributed by atoms with Gasteiger partial charge in [-0.1, -0.05) is 16.8 Å². The summed E-state index contributed by atoms with van der Waals surface area (Å²) in [5.41, 5.74) is 1.44. The van der Waals surface area contributed by atoms with Crippen LogP contribution < -0.4 is 9.46 Å². The van der Waals surface area contributed by atoms with E-state index < -0.39 is 10.0 Å². The van der Waals surface area contributed by atoms with Gasteiger partial charge in [-0.2, -0.15) is 4.98 Å². The molecule has 0 saturated carbocycles. The van der Waals surface area contributed by atoms with E-state index in [0.29, 0.717) is 40.1 Å². The van der Waals surface area contributed by atoms with Crippen LogP contribution in [0.4, 0.5) is 0 Å². The summed E-state index contributed by atoms with van der Waals surface area (Å²) in [7, 11) is -1.74. The van der Waals surface area contributed by atoms with E-state index in [1.807, 2.05) is 0 Å². The van der Waals surface area contributed by atoms with Gasteiger partial charge in [-0.05, 0) is 31.2 Å². The van der Waals surface area contributed by atoms with Gasteiger partial charge in [-0.15, -0.1) is 0 Å². The van der Waals surface area contributed by atoms with Crippen LogP contribution in [-0.4, -0.2) is 31.9 Å². The smallest absolute Gasteiger partial charge is 0.261 e. The van der Waals surface area contributed by atoms with Gasteiger partial charge in [0.05, 0.1) is 25.5 Å². The minimum absolute atomic E-state index is 0.0420. The van der Waals surface area contributed by atoms with Crippen LogP contribution in [0.2, 0.25) is 5.02 Å². The number of aromatic nitrogens is 2. The van der Waals surface area contributed by atoms with Gasteiger partial charge < -0.3 is 13.7 Å². The molecule has 0 saturated heterocycles.